The number of aromatic nitrogens is 2. The van der Waals surface area contributed by atoms with Gasteiger partial charge in [-0.1, -0.05) is 17.7 Å². The molecule has 2 aliphatic rings. The lowest BCUT2D eigenvalue weighted by Crippen LogP contribution is -2.23. The second-order valence-electron chi connectivity index (χ2n) is 5.96. The van der Waals surface area contributed by atoms with Crippen molar-refractivity contribution in [3.63, 3.8) is 0 Å². The van der Waals surface area contributed by atoms with Gasteiger partial charge in [-0.3, -0.25) is 4.57 Å². The molecule has 2 aromatic rings. The number of fused-ring (bicyclic) bond motifs is 1. The third kappa shape index (κ3) is 2.52. The van der Waals surface area contributed by atoms with Gasteiger partial charge in [0.15, 0.2) is 4.77 Å². The van der Waals surface area contributed by atoms with Crippen molar-refractivity contribution >= 4 is 22.6 Å². The van der Waals surface area contributed by atoms with Crippen molar-refractivity contribution in [2.75, 3.05) is 6.61 Å². The molecule has 7 nitrogen and oxygen atoms in total. The highest BCUT2D eigenvalue weighted by Gasteiger charge is 2.51. The van der Waals surface area contributed by atoms with Gasteiger partial charge in [-0.05, 0) is 31.3 Å². The molecule has 0 saturated carbocycles. The SMILES string of the molecule is Cc1ccc(-n2cc([C@H]3OC[C@H]4OS(=O)(=O)O[C@@H]34)n(C)c2=S)cc1. The molecule has 3 atom stereocenters. The van der Waals surface area contributed by atoms with Crippen LogP contribution in [0.4, 0.5) is 0 Å². The monoisotopic (exact) mass is 368 g/mol. The van der Waals surface area contributed by atoms with Gasteiger partial charge in [-0.15, -0.1) is 0 Å². The third-order valence-corrected chi connectivity index (χ3v) is 5.73. The Bertz CT molecular complexity index is 945. The highest BCUT2D eigenvalue weighted by molar-refractivity contribution is 7.82. The molecule has 0 N–H and O–H groups in total. The predicted molar refractivity (Wildman–Crippen MR) is 87.7 cm³/mol. The van der Waals surface area contributed by atoms with Crippen molar-refractivity contribution in [2.24, 2.45) is 7.05 Å². The van der Waals surface area contributed by atoms with Crippen LogP contribution in [0.15, 0.2) is 30.5 Å². The molecule has 2 saturated heterocycles. The zero-order valence-corrected chi connectivity index (χ0v) is 14.7. The van der Waals surface area contributed by atoms with Crippen molar-refractivity contribution in [2.45, 2.75) is 25.2 Å². The van der Waals surface area contributed by atoms with Crippen LogP contribution in [0, 0.1) is 11.7 Å². The number of imidazole rings is 1. The van der Waals surface area contributed by atoms with Gasteiger partial charge in [0.25, 0.3) is 0 Å². The molecule has 0 bridgehead atoms. The minimum absolute atomic E-state index is 0.164. The van der Waals surface area contributed by atoms with Crippen LogP contribution in [-0.2, 0) is 30.5 Å². The largest absolute Gasteiger partial charge is 0.400 e. The normalized spacial score (nSPS) is 28.2. The van der Waals surface area contributed by atoms with Gasteiger partial charge < -0.3 is 9.30 Å². The lowest BCUT2D eigenvalue weighted by Gasteiger charge is -2.14. The van der Waals surface area contributed by atoms with E-state index in [-0.39, 0.29) is 6.61 Å². The number of hydrogen-bond acceptors (Lipinski definition) is 6. The van der Waals surface area contributed by atoms with Gasteiger partial charge >= 0.3 is 10.4 Å². The lowest BCUT2D eigenvalue weighted by atomic mass is 10.1. The fourth-order valence-electron chi connectivity index (χ4n) is 3.04. The number of benzene rings is 1. The molecule has 1 aromatic heterocycles. The minimum atomic E-state index is -3.94. The topological polar surface area (TPSA) is 71.7 Å². The fourth-order valence-corrected chi connectivity index (χ4v) is 4.32. The number of rotatable bonds is 2. The van der Waals surface area contributed by atoms with Crippen LogP contribution in [0.3, 0.4) is 0 Å². The first-order valence-electron chi connectivity index (χ1n) is 7.44. The Labute approximate surface area is 144 Å². The molecule has 3 heterocycles. The molecule has 128 valence electrons. The summed E-state index contributed by atoms with van der Waals surface area (Å²) in [5.41, 5.74) is 2.83. The quantitative estimate of drug-likeness (QED) is 0.755. The van der Waals surface area contributed by atoms with Crippen molar-refractivity contribution in [1.82, 2.24) is 9.13 Å². The van der Waals surface area contributed by atoms with Gasteiger partial charge in [-0.25, -0.2) is 8.37 Å². The van der Waals surface area contributed by atoms with E-state index in [2.05, 4.69) is 0 Å². The van der Waals surface area contributed by atoms with Gasteiger partial charge in [0, 0.05) is 18.9 Å². The van der Waals surface area contributed by atoms with Crippen LogP contribution in [0.25, 0.3) is 5.69 Å². The summed E-state index contributed by atoms with van der Waals surface area (Å²) in [5, 5.41) is 0. The van der Waals surface area contributed by atoms with E-state index in [0.29, 0.717) is 4.77 Å². The van der Waals surface area contributed by atoms with Crippen LogP contribution in [-0.4, -0.2) is 36.4 Å². The molecule has 4 rings (SSSR count). The van der Waals surface area contributed by atoms with E-state index in [0.717, 1.165) is 16.9 Å². The maximum absolute atomic E-state index is 11.5. The molecule has 9 heteroatoms. The lowest BCUT2D eigenvalue weighted by molar-refractivity contribution is 0.0497. The predicted octanol–water partition coefficient (Wildman–Crippen LogP) is 1.95. The number of nitrogens with zero attached hydrogens (tertiary/aromatic N) is 2. The molecule has 0 radical (unpaired) electrons. The molecular formula is C15H16N2O5S2. The summed E-state index contributed by atoms with van der Waals surface area (Å²) in [4.78, 5) is 0. The summed E-state index contributed by atoms with van der Waals surface area (Å²) in [5.74, 6) is 0. The number of ether oxygens (including phenoxy) is 1. The average molecular weight is 368 g/mol. The number of aryl methyl sites for hydroxylation is 1. The summed E-state index contributed by atoms with van der Waals surface area (Å²) in [7, 11) is -2.12. The molecule has 0 aliphatic carbocycles. The zero-order chi connectivity index (χ0) is 17.1. The molecule has 24 heavy (non-hydrogen) atoms. The van der Waals surface area contributed by atoms with E-state index in [9.17, 15) is 8.42 Å². The van der Waals surface area contributed by atoms with E-state index in [1.807, 2.05) is 49.0 Å². The number of hydrogen-bond donors (Lipinski definition) is 0. The van der Waals surface area contributed by atoms with Crippen LogP contribution < -0.4 is 0 Å². The molecule has 2 aliphatic heterocycles. The minimum Gasteiger partial charge on any atom is -0.366 e. The average Bonchev–Trinajstić information content (AvgIpc) is 3.12. The van der Waals surface area contributed by atoms with Crippen molar-refractivity contribution in [3.05, 3.63) is 46.5 Å². The molecular weight excluding hydrogens is 352 g/mol. The summed E-state index contributed by atoms with van der Waals surface area (Å²) in [6.45, 7) is 2.18. The molecule has 0 unspecified atom stereocenters. The van der Waals surface area contributed by atoms with E-state index in [1.54, 1.807) is 4.57 Å². The first kappa shape index (κ1) is 16.0. The smallest absolute Gasteiger partial charge is 0.366 e. The molecule has 1 aromatic carbocycles. The maximum Gasteiger partial charge on any atom is 0.400 e. The van der Waals surface area contributed by atoms with Crippen molar-refractivity contribution in [1.29, 1.82) is 0 Å². The fraction of sp³-hybridized carbons (Fsp3) is 0.400. The van der Waals surface area contributed by atoms with E-state index < -0.39 is 28.7 Å². The Kier molecular flexibility index (Phi) is 3.66. The van der Waals surface area contributed by atoms with E-state index >= 15 is 0 Å². The standard InChI is InChI=1S/C15H16N2O5S2/c1-9-3-5-10(6-4-9)17-7-11(16(2)15(17)23)13-14-12(8-20-13)21-24(18,19)22-14/h3-7,12-14H,8H2,1-2H3/t12-,13-,14-/m1/s1. The van der Waals surface area contributed by atoms with Gasteiger partial charge in [0.1, 0.15) is 18.3 Å². The zero-order valence-electron chi connectivity index (χ0n) is 13.1. The molecule has 0 amide bonds. The van der Waals surface area contributed by atoms with Crippen LogP contribution in [0.2, 0.25) is 0 Å². The second-order valence-corrected chi connectivity index (χ2v) is 7.53. The highest BCUT2D eigenvalue weighted by atomic mass is 32.3. The molecule has 0 spiro atoms. The summed E-state index contributed by atoms with van der Waals surface area (Å²) in [6.07, 6.45) is 0.000351. The van der Waals surface area contributed by atoms with Crippen LogP contribution >= 0.6 is 12.2 Å². The Balaban J connectivity index is 1.74. The van der Waals surface area contributed by atoms with E-state index in [1.165, 1.54) is 0 Å². The van der Waals surface area contributed by atoms with Crippen molar-refractivity contribution in [3.8, 4) is 5.69 Å². The molecule has 2 fully saturated rings. The van der Waals surface area contributed by atoms with E-state index in [4.69, 9.17) is 25.3 Å². The summed E-state index contributed by atoms with van der Waals surface area (Å²) < 4.78 is 42.9. The first-order valence-corrected chi connectivity index (χ1v) is 9.18. The highest BCUT2D eigenvalue weighted by Crippen LogP contribution is 2.39. The second kappa shape index (κ2) is 5.50. The Morgan fingerprint density at radius 1 is 1.21 bits per heavy atom. The Morgan fingerprint density at radius 2 is 1.92 bits per heavy atom. The van der Waals surface area contributed by atoms with Gasteiger partial charge in [0.2, 0.25) is 0 Å². The van der Waals surface area contributed by atoms with Crippen molar-refractivity contribution < 1.29 is 21.5 Å². The van der Waals surface area contributed by atoms with Crippen LogP contribution in [0.5, 0.6) is 0 Å². The Hall–Kier alpha value is -1.52. The first-order chi connectivity index (χ1) is 11.4. The summed E-state index contributed by atoms with van der Waals surface area (Å²) in [6, 6.07) is 7.97. The Morgan fingerprint density at radius 3 is 2.62 bits per heavy atom. The summed E-state index contributed by atoms with van der Waals surface area (Å²) >= 11 is 5.51. The van der Waals surface area contributed by atoms with Gasteiger partial charge in [0.05, 0.1) is 12.3 Å². The van der Waals surface area contributed by atoms with Gasteiger partial charge in [-0.2, -0.15) is 8.42 Å². The third-order valence-electron chi connectivity index (χ3n) is 4.32. The maximum atomic E-state index is 11.5. The van der Waals surface area contributed by atoms with Crippen LogP contribution in [0.1, 0.15) is 17.4 Å².